The Morgan fingerprint density at radius 1 is 1.71 bits per heavy atom. The van der Waals surface area contributed by atoms with E-state index in [0.717, 1.165) is 0 Å². The first-order valence-corrected chi connectivity index (χ1v) is 2.25. The third-order valence-corrected chi connectivity index (χ3v) is 0.302. The van der Waals surface area contributed by atoms with Crippen LogP contribution in [0.15, 0.2) is 0 Å². The van der Waals surface area contributed by atoms with E-state index in [1.54, 1.807) is 6.92 Å². The number of carbonyl (C=O) groups is 1. The van der Waals surface area contributed by atoms with Crippen LogP contribution in [0.3, 0.4) is 0 Å². The van der Waals surface area contributed by atoms with Crippen molar-refractivity contribution in [3.8, 4) is 0 Å². The van der Waals surface area contributed by atoms with Gasteiger partial charge in [-0.15, -0.1) is 0 Å². The molecule has 0 aromatic carbocycles. The monoisotopic (exact) mass is 196 g/mol. The Bertz CT molecular complexity index is 54.1. The van der Waals surface area contributed by atoms with Crippen molar-refractivity contribution in [2.45, 2.75) is 13.3 Å². The molecule has 0 heterocycles. The molecule has 0 bridgehead atoms. The summed E-state index contributed by atoms with van der Waals surface area (Å²) in [5, 5.41) is 7.72. The second-order valence-corrected chi connectivity index (χ2v) is 0.747. The van der Waals surface area contributed by atoms with Gasteiger partial charge >= 0.3 is 28.6 Å². The van der Waals surface area contributed by atoms with Crippen LogP contribution >= 0.6 is 0 Å². The average Bonchev–Trinajstić information content (AvgIpc) is 1.73. The van der Waals surface area contributed by atoms with E-state index in [2.05, 4.69) is 0 Å². The Morgan fingerprint density at radius 3 is 1.86 bits per heavy atom. The molecular weight excluding hydrogens is 190 g/mol. The third-order valence-electron chi connectivity index (χ3n) is 0.302. The molecule has 0 aliphatic carbocycles. The van der Waals surface area contributed by atoms with Gasteiger partial charge in [-0.1, -0.05) is 6.92 Å². The van der Waals surface area contributed by atoms with E-state index in [-0.39, 0.29) is 6.42 Å². The van der Waals surface area contributed by atoms with Crippen LogP contribution in [0.4, 0.5) is 0 Å². The summed E-state index contributed by atoms with van der Waals surface area (Å²) in [6.07, 6.45) is 0.222. The van der Waals surface area contributed by atoms with Crippen molar-refractivity contribution in [2.24, 2.45) is 0 Å². The quantitative estimate of drug-likeness (QED) is 0.616. The zero-order valence-corrected chi connectivity index (χ0v) is 5.34. The Morgan fingerprint density at radius 2 is 1.86 bits per heavy atom. The molecule has 0 amide bonds. The summed E-state index contributed by atoms with van der Waals surface area (Å²) in [5.74, 6) is -0.745. The van der Waals surface area contributed by atoms with Crippen molar-refractivity contribution in [3.63, 3.8) is 0 Å². The molecule has 0 aliphatic heterocycles. The number of rotatable bonds is 1. The minimum atomic E-state index is -0.745. The molecule has 0 aromatic rings. The summed E-state index contributed by atoms with van der Waals surface area (Å²) >= 11 is 1.50. The minimum absolute atomic E-state index is 0.222. The molecular formula is C3H6O3Pd. The van der Waals surface area contributed by atoms with Crippen LogP contribution in [0.2, 0.25) is 0 Å². The normalized spacial score (nSPS) is 6.14. The van der Waals surface area contributed by atoms with E-state index >= 15 is 0 Å². The number of aliphatic carboxylic acids is 1. The maximum atomic E-state index is 9.37. The van der Waals surface area contributed by atoms with Gasteiger partial charge in [0.25, 0.3) is 0 Å². The predicted molar refractivity (Wildman–Crippen MR) is 18.6 cm³/mol. The molecule has 0 saturated heterocycles. The summed E-state index contributed by atoms with van der Waals surface area (Å²) in [7, 11) is 0. The van der Waals surface area contributed by atoms with E-state index in [1.165, 1.54) is 19.2 Å². The van der Waals surface area contributed by atoms with Gasteiger partial charge in [-0.3, -0.25) is 4.79 Å². The molecule has 0 fully saturated rings. The first-order valence-electron chi connectivity index (χ1n) is 1.62. The van der Waals surface area contributed by atoms with Gasteiger partial charge in [0.1, 0.15) is 0 Å². The molecule has 4 heteroatoms. The predicted octanol–water partition coefficient (Wildman–Crippen LogP) is 0.360. The van der Waals surface area contributed by atoms with Gasteiger partial charge in [0.05, 0.1) is 0 Å². The van der Waals surface area contributed by atoms with Gasteiger partial charge in [0.2, 0.25) is 0 Å². The number of carboxylic acids is 1. The summed E-state index contributed by atoms with van der Waals surface area (Å²) in [6.45, 7) is 1.60. The molecule has 7 heavy (non-hydrogen) atoms. The molecule has 3 nitrogen and oxygen atoms in total. The van der Waals surface area contributed by atoms with E-state index in [4.69, 9.17) is 8.58 Å². The summed E-state index contributed by atoms with van der Waals surface area (Å²) in [4.78, 5) is 9.37. The second kappa shape index (κ2) is 9.33. The van der Waals surface area contributed by atoms with Crippen LogP contribution in [0.5, 0.6) is 0 Å². The van der Waals surface area contributed by atoms with Gasteiger partial charge in [-0.2, -0.15) is 0 Å². The fourth-order valence-electron chi connectivity index (χ4n) is 0. The standard InChI is InChI=1S/C3H6O2.O.Pd/c1-2-3(4)5;;/h2H2,1H3,(H,4,5);;. The number of hydrogen-bond acceptors (Lipinski definition) is 2. The summed E-state index contributed by atoms with van der Waals surface area (Å²) < 4.78 is 8.10. The second-order valence-electron chi connectivity index (χ2n) is 0.747. The third kappa shape index (κ3) is 24.6. The Labute approximate surface area is 52.4 Å². The van der Waals surface area contributed by atoms with Crippen LogP contribution in [0.25, 0.3) is 0 Å². The van der Waals surface area contributed by atoms with E-state index < -0.39 is 5.97 Å². The van der Waals surface area contributed by atoms with E-state index in [9.17, 15) is 4.79 Å². The van der Waals surface area contributed by atoms with Crippen LogP contribution in [-0.2, 0) is 27.4 Å². The molecule has 0 spiro atoms. The molecule has 0 aliphatic rings. The van der Waals surface area contributed by atoms with Crippen LogP contribution < -0.4 is 0 Å². The van der Waals surface area contributed by atoms with Crippen LogP contribution in [0.1, 0.15) is 13.3 Å². The number of hydrogen-bond donors (Lipinski definition) is 1. The van der Waals surface area contributed by atoms with Crippen molar-refractivity contribution in [2.75, 3.05) is 0 Å². The Hall–Kier alpha value is -0.0677. The molecule has 46 valence electrons. The van der Waals surface area contributed by atoms with Gasteiger partial charge in [0, 0.05) is 6.42 Å². The van der Waals surface area contributed by atoms with Gasteiger partial charge < -0.3 is 5.11 Å². The zero-order chi connectivity index (χ0) is 6.28. The van der Waals surface area contributed by atoms with E-state index in [1.807, 2.05) is 0 Å². The summed E-state index contributed by atoms with van der Waals surface area (Å²) in [5.41, 5.74) is 0. The fourth-order valence-corrected chi connectivity index (χ4v) is 0. The first-order chi connectivity index (χ1) is 3.27. The topological polar surface area (TPSA) is 54.4 Å². The first kappa shape index (κ1) is 10.0. The van der Waals surface area contributed by atoms with Crippen LogP contribution in [-0.4, -0.2) is 11.1 Å². The molecule has 0 radical (unpaired) electrons. The molecule has 1 N–H and O–H groups in total. The van der Waals surface area contributed by atoms with Crippen molar-refractivity contribution in [1.82, 2.24) is 0 Å². The number of carboxylic acid groups (broad SMARTS) is 1. The Kier molecular flexibility index (Phi) is 13.4. The molecule has 0 aromatic heterocycles. The SMILES string of the molecule is CCC(=O)O.[O]=[Pd]. The zero-order valence-electron chi connectivity index (χ0n) is 3.79. The van der Waals surface area contributed by atoms with Gasteiger partial charge in [-0.25, -0.2) is 0 Å². The molecule has 0 atom stereocenters. The van der Waals surface area contributed by atoms with Crippen molar-refractivity contribution >= 4 is 5.97 Å². The van der Waals surface area contributed by atoms with E-state index in [0.29, 0.717) is 0 Å². The molecule has 0 saturated carbocycles. The van der Waals surface area contributed by atoms with Gasteiger partial charge in [0.15, 0.2) is 0 Å². The van der Waals surface area contributed by atoms with Gasteiger partial charge in [-0.05, 0) is 0 Å². The van der Waals surface area contributed by atoms with Crippen molar-refractivity contribution < 1.29 is 32.5 Å². The maximum absolute atomic E-state index is 9.37. The van der Waals surface area contributed by atoms with Crippen molar-refractivity contribution in [1.29, 1.82) is 0 Å². The molecule has 0 rings (SSSR count). The fraction of sp³-hybridized carbons (Fsp3) is 0.667. The van der Waals surface area contributed by atoms with Crippen LogP contribution in [0, 0.1) is 0 Å². The molecule has 0 unspecified atom stereocenters. The summed E-state index contributed by atoms with van der Waals surface area (Å²) in [6, 6.07) is 0. The van der Waals surface area contributed by atoms with Crippen molar-refractivity contribution in [3.05, 3.63) is 0 Å². The Balaban J connectivity index is 0. The average molecular weight is 196 g/mol.